The van der Waals surface area contributed by atoms with Crippen molar-refractivity contribution in [1.82, 2.24) is 0 Å². The van der Waals surface area contributed by atoms with E-state index < -0.39 is 24.4 Å². The van der Waals surface area contributed by atoms with E-state index in [0.29, 0.717) is 31.2 Å². The van der Waals surface area contributed by atoms with Gasteiger partial charge in [0.2, 0.25) is 0 Å². The van der Waals surface area contributed by atoms with E-state index >= 15 is 0 Å². The lowest BCUT2D eigenvalue weighted by Gasteiger charge is -2.05. The van der Waals surface area contributed by atoms with Gasteiger partial charge in [0, 0.05) is 27.7 Å². The van der Waals surface area contributed by atoms with Crippen LogP contribution >= 0.6 is 0 Å². The fraction of sp³-hybridized carbons (Fsp3) is 0.415. The van der Waals surface area contributed by atoms with Crippen molar-refractivity contribution in [1.29, 1.82) is 0 Å². The van der Waals surface area contributed by atoms with Crippen LogP contribution in [0.15, 0.2) is 121 Å². The van der Waals surface area contributed by atoms with E-state index in [-0.39, 0.29) is 56.3 Å². The van der Waals surface area contributed by atoms with Crippen LogP contribution in [0.25, 0.3) is 21.5 Å². The Hall–Kier alpha value is -6.39. The minimum absolute atomic E-state index is 0.117. The molecule has 0 aromatic heterocycles. The summed E-state index contributed by atoms with van der Waals surface area (Å²) in [5.74, 6) is -0.897. The molecular weight excluding hydrogens is 877 g/mol. The fourth-order valence-electron chi connectivity index (χ4n) is 4.44. The number of benzene rings is 5. The third-order valence-corrected chi connectivity index (χ3v) is 8.59. The summed E-state index contributed by atoms with van der Waals surface area (Å²) in [6.07, 6.45) is 0.451. The van der Waals surface area contributed by atoms with Crippen molar-refractivity contribution >= 4 is 51.4 Å². The third-order valence-electron chi connectivity index (χ3n) is 8.59. The quantitative estimate of drug-likeness (QED) is 0.0606. The van der Waals surface area contributed by atoms with E-state index in [1.807, 2.05) is 88.4 Å². The molecule has 5 rings (SSSR count). The second-order valence-electron chi connectivity index (χ2n) is 14.4. The summed E-state index contributed by atoms with van der Waals surface area (Å²) in [6.45, 7) is 13.1. The Morgan fingerprint density at radius 3 is 0.971 bits per heavy atom. The Kier molecular flexibility index (Phi) is 38.3. The zero-order valence-corrected chi connectivity index (χ0v) is 41.3. The number of methoxy groups -OCH3 is 2. The molecule has 0 spiro atoms. The van der Waals surface area contributed by atoms with E-state index in [9.17, 15) is 24.0 Å². The van der Waals surface area contributed by atoms with E-state index in [1.54, 1.807) is 19.2 Å². The first-order chi connectivity index (χ1) is 32.4. The van der Waals surface area contributed by atoms with Gasteiger partial charge in [0.25, 0.3) is 0 Å². The Balaban J connectivity index is 0. The third kappa shape index (κ3) is 35.8. The molecule has 0 amide bonds. The first kappa shape index (κ1) is 63.7. The predicted octanol–water partition coefficient (Wildman–Crippen LogP) is 8.44. The number of rotatable bonds is 14. The van der Waals surface area contributed by atoms with Gasteiger partial charge in [-0.05, 0) is 71.5 Å². The topological polar surface area (TPSA) is 222 Å². The standard InChI is InChI=1S/C13H12O3.C10H8.4C6H12O3.C6H6/c1-15-12-6-5-9-7-11(13(14)16-2)4-3-10(9)8-12;1-2-6-10-8-4-3-7-9(10)5-1;4*1-3-6(8)4-9-5(2)7;1-2-4-6-5-3-1/h3-8H,1-2H3;1-8H;4*6,8H,3-4H2,1-2H3;1-6H. The monoisotopic (exact) mass is 951 g/mol. The smallest absolute Gasteiger partial charge is 0.337 e. The SMILES string of the molecule is CCC(O)COC(C)=O.CCC(O)COC(C)=O.CCC(O)COC(C)=O.CCC(O)COC(C)=O.COC(=O)c1ccc2cc(OC)ccc2c1.c1ccc2ccccc2c1.c1ccccc1. The van der Waals surface area contributed by atoms with Crippen LogP contribution in [0.5, 0.6) is 5.75 Å². The van der Waals surface area contributed by atoms with Gasteiger partial charge in [-0.25, -0.2) is 4.79 Å². The first-order valence-corrected chi connectivity index (χ1v) is 22.2. The van der Waals surface area contributed by atoms with Gasteiger partial charge in [-0.3, -0.25) is 19.2 Å². The van der Waals surface area contributed by atoms with Crippen LogP contribution < -0.4 is 4.74 Å². The molecule has 15 heteroatoms. The summed E-state index contributed by atoms with van der Waals surface area (Å²) in [6, 6.07) is 39.9. The van der Waals surface area contributed by atoms with Crippen LogP contribution in [-0.2, 0) is 42.9 Å². The summed E-state index contributed by atoms with van der Waals surface area (Å²) in [5, 5.41) is 40.0. The largest absolute Gasteiger partial charge is 0.497 e. The molecular formula is C53H74O15. The molecule has 4 atom stereocenters. The molecule has 68 heavy (non-hydrogen) atoms. The Morgan fingerprint density at radius 1 is 0.412 bits per heavy atom. The molecule has 0 aliphatic carbocycles. The molecule has 4 N–H and O–H groups in total. The molecule has 4 unspecified atom stereocenters. The molecule has 15 nitrogen and oxygen atoms in total. The van der Waals surface area contributed by atoms with Gasteiger partial charge in [0.1, 0.15) is 32.2 Å². The second kappa shape index (κ2) is 40.8. The highest BCUT2D eigenvalue weighted by Gasteiger charge is 2.07. The van der Waals surface area contributed by atoms with Crippen LogP contribution in [0.4, 0.5) is 0 Å². The summed E-state index contributed by atoms with van der Waals surface area (Å²) in [7, 11) is 3.00. The highest BCUT2D eigenvalue weighted by atomic mass is 16.6. The van der Waals surface area contributed by atoms with Crippen molar-refractivity contribution in [3.05, 3.63) is 127 Å². The maximum Gasteiger partial charge on any atom is 0.337 e. The zero-order chi connectivity index (χ0) is 51.7. The molecule has 0 aliphatic rings. The van der Waals surface area contributed by atoms with E-state index in [0.717, 1.165) is 16.5 Å². The van der Waals surface area contributed by atoms with E-state index in [2.05, 4.69) is 72.2 Å². The van der Waals surface area contributed by atoms with E-state index in [1.165, 1.54) is 45.6 Å². The van der Waals surface area contributed by atoms with Gasteiger partial charge in [-0.2, -0.15) is 0 Å². The second-order valence-corrected chi connectivity index (χ2v) is 14.4. The summed E-state index contributed by atoms with van der Waals surface area (Å²) >= 11 is 0. The number of fused-ring (bicyclic) bond motifs is 2. The zero-order valence-electron chi connectivity index (χ0n) is 41.3. The molecule has 0 aliphatic heterocycles. The van der Waals surface area contributed by atoms with Crippen LogP contribution in [0.3, 0.4) is 0 Å². The van der Waals surface area contributed by atoms with Gasteiger partial charge in [0.05, 0.1) is 44.2 Å². The van der Waals surface area contributed by atoms with Crippen molar-refractivity contribution in [3.8, 4) is 5.75 Å². The first-order valence-electron chi connectivity index (χ1n) is 22.2. The van der Waals surface area contributed by atoms with Crippen molar-refractivity contribution in [2.75, 3.05) is 40.6 Å². The number of ether oxygens (including phenoxy) is 6. The average molecular weight is 951 g/mol. The highest BCUT2D eigenvalue weighted by Crippen LogP contribution is 2.22. The van der Waals surface area contributed by atoms with Gasteiger partial charge in [-0.15, -0.1) is 0 Å². The lowest BCUT2D eigenvalue weighted by molar-refractivity contribution is -0.144. The summed E-state index contributed by atoms with van der Waals surface area (Å²) in [4.78, 5) is 51.9. The molecule has 0 heterocycles. The van der Waals surface area contributed by atoms with Crippen LogP contribution in [-0.4, -0.2) is 115 Å². The Labute approximate surface area is 401 Å². The lowest BCUT2D eigenvalue weighted by atomic mass is 10.1. The van der Waals surface area contributed by atoms with Crippen molar-refractivity contribution < 1.29 is 72.8 Å². The molecule has 376 valence electrons. The number of hydrogen-bond donors (Lipinski definition) is 4. The maximum absolute atomic E-state index is 11.3. The summed E-state index contributed by atoms with van der Waals surface area (Å²) in [5.41, 5.74) is 0.556. The van der Waals surface area contributed by atoms with Crippen LogP contribution in [0.2, 0.25) is 0 Å². The minimum atomic E-state index is -0.506. The molecule has 0 bridgehead atoms. The molecule has 0 saturated heterocycles. The fourth-order valence-corrected chi connectivity index (χ4v) is 4.44. The van der Waals surface area contributed by atoms with Crippen LogP contribution in [0, 0.1) is 0 Å². The molecule has 5 aromatic carbocycles. The predicted molar refractivity (Wildman–Crippen MR) is 264 cm³/mol. The van der Waals surface area contributed by atoms with Crippen molar-refractivity contribution in [3.63, 3.8) is 0 Å². The number of hydrogen-bond acceptors (Lipinski definition) is 15. The maximum atomic E-state index is 11.3. The number of carbonyl (C=O) groups excluding carboxylic acids is 5. The number of aliphatic hydroxyl groups is 4. The van der Waals surface area contributed by atoms with Crippen molar-refractivity contribution in [2.24, 2.45) is 0 Å². The molecule has 0 fully saturated rings. The van der Waals surface area contributed by atoms with Crippen LogP contribution in [0.1, 0.15) is 91.4 Å². The number of esters is 5. The summed E-state index contributed by atoms with van der Waals surface area (Å²) < 4.78 is 27.8. The van der Waals surface area contributed by atoms with Gasteiger partial charge in [0.15, 0.2) is 0 Å². The van der Waals surface area contributed by atoms with Gasteiger partial charge >= 0.3 is 29.8 Å². The average Bonchev–Trinajstić information content (AvgIpc) is 3.36. The van der Waals surface area contributed by atoms with E-state index in [4.69, 9.17) is 25.2 Å². The number of carbonyl (C=O) groups is 5. The Bertz CT molecular complexity index is 1900. The lowest BCUT2D eigenvalue weighted by Crippen LogP contribution is -2.15. The van der Waals surface area contributed by atoms with Crippen molar-refractivity contribution in [2.45, 2.75) is 105 Å². The minimum Gasteiger partial charge on any atom is -0.497 e. The number of aliphatic hydroxyl groups excluding tert-OH is 4. The molecule has 0 radical (unpaired) electrons. The Morgan fingerprint density at radius 2 is 0.706 bits per heavy atom. The normalized spacial score (nSPS) is 11.3. The van der Waals surface area contributed by atoms with Gasteiger partial charge < -0.3 is 48.8 Å². The van der Waals surface area contributed by atoms with Gasteiger partial charge in [-0.1, -0.05) is 125 Å². The highest BCUT2D eigenvalue weighted by molar-refractivity contribution is 5.95. The molecule has 0 saturated carbocycles. The molecule has 5 aromatic rings.